The topological polar surface area (TPSA) is 69.6 Å². The lowest BCUT2D eigenvalue weighted by Crippen LogP contribution is -2.47. The molecular formula is C13H20N2O3S. The molecule has 5 nitrogen and oxygen atoms in total. The number of nitrogens with zero attached hydrogens (tertiary/aromatic N) is 1. The predicted octanol–water partition coefficient (Wildman–Crippen LogP) is 1.15. The van der Waals surface area contributed by atoms with Gasteiger partial charge in [-0.2, -0.15) is 0 Å². The first-order valence-corrected chi connectivity index (χ1v) is 7.88. The van der Waals surface area contributed by atoms with E-state index in [4.69, 9.17) is 0 Å². The van der Waals surface area contributed by atoms with E-state index in [1.807, 2.05) is 7.05 Å². The van der Waals surface area contributed by atoms with E-state index in [-0.39, 0.29) is 16.7 Å². The fourth-order valence-corrected chi connectivity index (χ4v) is 3.66. The summed E-state index contributed by atoms with van der Waals surface area (Å²) < 4.78 is 27.1. The van der Waals surface area contributed by atoms with Crippen molar-refractivity contribution in [3.8, 4) is 5.75 Å². The fraction of sp³-hybridized carbons (Fsp3) is 0.538. The molecule has 0 spiro atoms. The summed E-state index contributed by atoms with van der Waals surface area (Å²) in [5.74, 6) is -0.0420. The molecule has 0 saturated carbocycles. The maximum Gasteiger partial charge on any atom is 0.240 e. The number of rotatable bonds is 3. The second kappa shape index (κ2) is 5.48. The van der Waals surface area contributed by atoms with E-state index in [0.717, 1.165) is 19.4 Å². The third-order valence-corrected chi connectivity index (χ3v) is 5.18. The number of hydrogen-bond donors (Lipinski definition) is 2. The van der Waals surface area contributed by atoms with Crippen LogP contribution in [-0.4, -0.2) is 44.1 Å². The molecule has 0 aromatic heterocycles. The summed E-state index contributed by atoms with van der Waals surface area (Å²) in [5, 5.41) is 9.36. The Morgan fingerprint density at radius 2 is 2.16 bits per heavy atom. The van der Waals surface area contributed by atoms with Gasteiger partial charge in [-0.3, -0.25) is 0 Å². The Balaban J connectivity index is 2.10. The zero-order valence-corrected chi connectivity index (χ0v) is 12.0. The normalized spacial score (nSPS) is 25.4. The summed E-state index contributed by atoms with van der Waals surface area (Å²) in [7, 11) is -1.51. The summed E-state index contributed by atoms with van der Waals surface area (Å²) >= 11 is 0. The van der Waals surface area contributed by atoms with E-state index in [0.29, 0.717) is 6.04 Å². The van der Waals surface area contributed by atoms with Crippen LogP contribution in [0.3, 0.4) is 0 Å². The number of aromatic hydroxyl groups is 1. The van der Waals surface area contributed by atoms with E-state index in [9.17, 15) is 13.5 Å². The summed E-state index contributed by atoms with van der Waals surface area (Å²) in [6.45, 7) is 2.98. The molecule has 106 valence electrons. The number of sulfonamides is 1. The molecule has 2 atom stereocenters. The summed E-state index contributed by atoms with van der Waals surface area (Å²) in [6, 6.07) is 6.06. The zero-order valence-electron chi connectivity index (χ0n) is 11.2. The van der Waals surface area contributed by atoms with Crippen molar-refractivity contribution in [3.05, 3.63) is 24.3 Å². The highest BCUT2D eigenvalue weighted by atomic mass is 32.2. The van der Waals surface area contributed by atoms with Crippen LogP contribution in [0.1, 0.15) is 19.8 Å². The van der Waals surface area contributed by atoms with Gasteiger partial charge in [0.2, 0.25) is 10.0 Å². The van der Waals surface area contributed by atoms with Crippen molar-refractivity contribution in [2.24, 2.45) is 0 Å². The molecule has 0 amide bonds. The van der Waals surface area contributed by atoms with Crippen molar-refractivity contribution < 1.29 is 13.5 Å². The molecule has 0 aliphatic carbocycles. The Kier molecular flexibility index (Phi) is 4.13. The van der Waals surface area contributed by atoms with Crippen molar-refractivity contribution in [1.29, 1.82) is 0 Å². The van der Waals surface area contributed by atoms with E-state index < -0.39 is 10.0 Å². The summed E-state index contributed by atoms with van der Waals surface area (Å²) in [5.41, 5.74) is 0. The van der Waals surface area contributed by atoms with Crippen LogP contribution < -0.4 is 4.72 Å². The van der Waals surface area contributed by atoms with Gasteiger partial charge in [0, 0.05) is 12.1 Å². The van der Waals surface area contributed by atoms with Crippen LogP contribution in [0.5, 0.6) is 5.75 Å². The van der Waals surface area contributed by atoms with Gasteiger partial charge in [0.15, 0.2) is 0 Å². The van der Waals surface area contributed by atoms with E-state index in [2.05, 4.69) is 16.5 Å². The Bertz CT molecular complexity index is 545. The smallest absolute Gasteiger partial charge is 0.240 e. The standard InChI is InChI=1S/C13H20N2O3S/c1-10-8-11(6-7-15(10)2)14-19(17,18)13-5-3-4-12(16)9-13/h3-5,9-11,14,16H,6-8H2,1-2H3. The Hall–Kier alpha value is -1.11. The molecule has 1 aliphatic rings. The molecule has 1 saturated heterocycles. The maximum atomic E-state index is 12.2. The molecule has 1 heterocycles. The monoisotopic (exact) mass is 284 g/mol. The van der Waals surface area contributed by atoms with Crippen molar-refractivity contribution in [3.63, 3.8) is 0 Å². The van der Waals surface area contributed by atoms with Gasteiger partial charge in [-0.1, -0.05) is 6.07 Å². The number of nitrogens with one attached hydrogen (secondary N) is 1. The fourth-order valence-electron chi connectivity index (χ4n) is 2.33. The minimum atomic E-state index is -3.55. The average molecular weight is 284 g/mol. The van der Waals surface area contributed by atoms with E-state index in [1.165, 1.54) is 24.3 Å². The lowest BCUT2D eigenvalue weighted by molar-refractivity contribution is 0.178. The van der Waals surface area contributed by atoms with Crippen LogP contribution in [0.15, 0.2) is 29.2 Å². The molecule has 2 N–H and O–H groups in total. The van der Waals surface area contributed by atoms with Gasteiger partial charge in [-0.25, -0.2) is 13.1 Å². The second-order valence-corrected chi connectivity index (χ2v) is 6.88. The summed E-state index contributed by atoms with van der Waals surface area (Å²) in [4.78, 5) is 2.33. The number of hydrogen-bond acceptors (Lipinski definition) is 4. The number of phenolic OH excluding ortho intramolecular Hbond substituents is 1. The first-order valence-electron chi connectivity index (χ1n) is 6.40. The molecular weight excluding hydrogens is 264 g/mol. The highest BCUT2D eigenvalue weighted by Crippen LogP contribution is 2.20. The van der Waals surface area contributed by atoms with Crippen LogP contribution >= 0.6 is 0 Å². The molecule has 19 heavy (non-hydrogen) atoms. The molecule has 0 bridgehead atoms. The minimum Gasteiger partial charge on any atom is -0.508 e. The van der Waals surface area contributed by atoms with Crippen molar-refractivity contribution in [2.45, 2.75) is 36.7 Å². The van der Waals surface area contributed by atoms with Crippen LogP contribution in [0, 0.1) is 0 Å². The molecule has 1 aliphatic heterocycles. The Labute approximate surface area is 114 Å². The third-order valence-electron chi connectivity index (χ3n) is 3.66. The van der Waals surface area contributed by atoms with Gasteiger partial charge in [-0.15, -0.1) is 0 Å². The number of piperidine rings is 1. The number of likely N-dealkylation sites (tertiary alicyclic amines) is 1. The van der Waals surface area contributed by atoms with Gasteiger partial charge < -0.3 is 10.0 Å². The van der Waals surface area contributed by atoms with Gasteiger partial charge in [0.1, 0.15) is 5.75 Å². The highest BCUT2D eigenvalue weighted by Gasteiger charge is 2.27. The molecule has 1 aromatic carbocycles. The molecule has 1 aromatic rings. The Morgan fingerprint density at radius 3 is 2.79 bits per heavy atom. The van der Waals surface area contributed by atoms with Gasteiger partial charge in [-0.05, 0) is 51.6 Å². The first-order chi connectivity index (χ1) is 8.88. The van der Waals surface area contributed by atoms with Gasteiger partial charge >= 0.3 is 0 Å². The molecule has 2 unspecified atom stereocenters. The van der Waals surface area contributed by atoms with Crippen molar-refractivity contribution in [2.75, 3.05) is 13.6 Å². The molecule has 2 rings (SSSR count). The quantitative estimate of drug-likeness (QED) is 0.873. The van der Waals surface area contributed by atoms with Gasteiger partial charge in [0.25, 0.3) is 0 Å². The molecule has 6 heteroatoms. The predicted molar refractivity (Wildman–Crippen MR) is 73.5 cm³/mol. The zero-order chi connectivity index (χ0) is 14.0. The van der Waals surface area contributed by atoms with Crippen LogP contribution in [-0.2, 0) is 10.0 Å². The Morgan fingerprint density at radius 1 is 1.42 bits per heavy atom. The summed E-state index contributed by atoms with van der Waals surface area (Å²) in [6.07, 6.45) is 1.60. The number of phenols is 1. The third kappa shape index (κ3) is 3.46. The maximum absolute atomic E-state index is 12.2. The lowest BCUT2D eigenvalue weighted by Gasteiger charge is -2.35. The van der Waals surface area contributed by atoms with E-state index in [1.54, 1.807) is 0 Å². The van der Waals surface area contributed by atoms with Crippen LogP contribution in [0.2, 0.25) is 0 Å². The SMILES string of the molecule is CC1CC(NS(=O)(=O)c2cccc(O)c2)CCN1C. The highest BCUT2D eigenvalue weighted by molar-refractivity contribution is 7.89. The lowest BCUT2D eigenvalue weighted by atomic mass is 10.0. The van der Waals surface area contributed by atoms with E-state index >= 15 is 0 Å². The van der Waals surface area contributed by atoms with Crippen molar-refractivity contribution in [1.82, 2.24) is 9.62 Å². The largest absolute Gasteiger partial charge is 0.508 e. The second-order valence-electron chi connectivity index (χ2n) is 5.17. The number of benzene rings is 1. The minimum absolute atomic E-state index is 0.0420. The van der Waals surface area contributed by atoms with Crippen LogP contribution in [0.4, 0.5) is 0 Å². The molecule has 0 radical (unpaired) electrons. The average Bonchev–Trinajstić information content (AvgIpc) is 2.33. The van der Waals surface area contributed by atoms with Crippen LogP contribution in [0.25, 0.3) is 0 Å². The van der Waals surface area contributed by atoms with Crippen molar-refractivity contribution >= 4 is 10.0 Å². The molecule has 1 fully saturated rings. The first kappa shape index (κ1) is 14.3. The van der Waals surface area contributed by atoms with Gasteiger partial charge in [0.05, 0.1) is 4.90 Å².